The summed E-state index contributed by atoms with van der Waals surface area (Å²) in [5.74, 6) is -1.39. The summed E-state index contributed by atoms with van der Waals surface area (Å²) in [4.78, 5) is 0. The molecule has 86 valence electrons. The first-order valence-corrected chi connectivity index (χ1v) is 5.53. The first-order chi connectivity index (χ1) is 6.72. The fraction of sp³-hybridized carbons (Fsp3) is 0.692. The van der Waals surface area contributed by atoms with Crippen molar-refractivity contribution < 1.29 is 10.2 Å². The van der Waals surface area contributed by atoms with Crippen LogP contribution in [0.3, 0.4) is 0 Å². The Morgan fingerprint density at radius 3 is 2.53 bits per heavy atom. The Morgan fingerprint density at radius 2 is 2.07 bits per heavy atom. The highest BCUT2D eigenvalue weighted by atomic mass is 16.5. The zero-order valence-corrected chi connectivity index (χ0v) is 10.1. The lowest BCUT2D eigenvalue weighted by atomic mass is 9.68. The van der Waals surface area contributed by atoms with Gasteiger partial charge in [-0.15, -0.1) is 0 Å². The molecular weight excluding hydrogens is 188 g/mol. The monoisotopic (exact) mass is 210 g/mol. The van der Waals surface area contributed by atoms with Crippen LogP contribution in [-0.2, 0) is 0 Å². The lowest BCUT2D eigenvalue weighted by Crippen LogP contribution is -2.27. The maximum atomic E-state index is 9.25. The Labute approximate surface area is 92.3 Å². The van der Waals surface area contributed by atoms with E-state index in [0.717, 1.165) is 12.8 Å². The lowest BCUT2D eigenvalue weighted by molar-refractivity contribution is -0.101. The summed E-state index contributed by atoms with van der Waals surface area (Å²) >= 11 is 0. The van der Waals surface area contributed by atoms with Crippen molar-refractivity contribution in [2.75, 3.05) is 0 Å². The third-order valence-corrected chi connectivity index (χ3v) is 3.19. The van der Waals surface area contributed by atoms with Crippen LogP contribution in [-0.4, -0.2) is 16.0 Å². The maximum Gasteiger partial charge on any atom is 0.179 e. The van der Waals surface area contributed by atoms with Gasteiger partial charge in [0.15, 0.2) is 5.79 Å². The average molecular weight is 210 g/mol. The van der Waals surface area contributed by atoms with Gasteiger partial charge in [0.1, 0.15) is 0 Å². The molecule has 0 radical (unpaired) electrons. The van der Waals surface area contributed by atoms with Crippen LogP contribution in [0.25, 0.3) is 0 Å². The Balaban J connectivity index is 2.86. The van der Waals surface area contributed by atoms with Gasteiger partial charge in [-0.2, -0.15) is 0 Å². The van der Waals surface area contributed by atoms with Crippen LogP contribution in [0.2, 0.25) is 0 Å². The zero-order chi connectivity index (χ0) is 11.7. The van der Waals surface area contributed by atoms with Gasteiger partial charge in [-0.25, -0.2) is 0 Å². The van der Waals surface area contributed by atoms with E-state index in [4.69, 9.17) is 0 Å². The molecule has 0 saturated carbocycles. The number of rotatable bonds is 2. The van der Waals surface area contributed by atoms with Gasteiger partial charge in [0, 0.05) is 5.92 Å². The topological polar surface area (TPSA) is 40.5 Å². The van der Waals surface area contributed by atoms with Gasteiger partial charge in [0.05, 0.1) is 0 Å². The summed E-state index contributed by atoms with van der Waals surface area (Å²) in [5.41, 5.74) is 1.53. The Kier molecular flexibility index (Phi) is 3.41. The van der Waals surface area contributed by atoms with Crippen molar-refractivity contribution >= 4 is 0 Å². The van der Waals surface area contributed by atoms with Crippen LogP contribution in [0, 0.1) is 11.3 Å². The molecule has 0 aliphatic heterocycles. The second-order valence-corrected chi connectivity index (χ2v) is 5.41. The molecule has 1 rings (SSSR count). The molecule has 2 nitrogen and oxygen atoms in total. The molecule has 0 fully saturated rings. The maximum absolute atomic E-state index is 9.25. The van der Waals surface area contributed by atoms with E-state index in [1.165, 1.54) is 18.6 Å². The summed E-state index contributed by atoms with van der Waals surface area (Å²) < 4.78 is 0. The predicted octanol–water partition coefficient (Wildman–Crippen LogP) is 2.63. The van der Waals surface area contributed by atoms with Gasteiger partial charge < -0.3 is 10.2 Å². The SMILES string of the molecule is CC1=CCCC(C)(C)C1C=CC(C)(O)O. The minimum atomic E-state index is -1.70. The molecule has 1 aliphatic rings. The molecule has 15 heavy (non-hydrogen) atoms. The number of allylic oxidation sites excluding steroid dienone is 3. The smallest absolute Gasteiger partial charge is 0.179 e. The molecular formula is C13H22O2. The summed E-state index contributed by atoms with van der Waals surface area (Å²) in [6.45, 7) is 7.94. The van der Waals surface area contributed by atoms with Gasteiger partial charge in [-0.3, -0.25) is 0 Å². The van der Waals surface area contributed by atoms with Crippen LogP contribution in [0.15, 0.2) is 23.8 Å². The number of hydrogen-bond acceptors (Lipinski definition) is 2. The van der Waals surface area contributed by atoms with E-state index in [1.54, 1.807) is 0 Å². The van der Waals surface area contributed by atoms with Crippen molar-refractivity contribution in [2.24, 2.45) is 11.3 Å². The Bertz CT molecular complexity index is 279. The van der Waals surface area contributed by atoms with E-state index in [-0.39, 0.29) is 5.41 Å². The van der Waals surface area contributed by atoms with Crippen LogP contribution in [0.5, 0.6) is 0 Å². The second-order valence-electron chi connectivity index (χ2n) is 5.41. The van der Waals surface area contributed by atoms with Gasteiger partial charge in [-0.1, -0.05) is 31.6 Å². The third kappa shape index (κ3) is 3.47. The Morgan fingerprint density at radius 1 is 1.47 bits per heavy atom. The molecule has 0 heterocycles. The van der Waals surface area contributed by atoms with Gasteiger partial charge in [-0.05, 0) is 38.2 Å². The van der Waals surface area contributed by atoms with E-state index in [9.17, 15) is 10.2 Å². The zero-order valence-electron chi connectivity index (χ0n) is 10.1. The van der Waals surface area contributed by atoms with Crippen LogP contribution < -0.4 is 0 Å². The average Bonchev–Trinajstić information content (AvgIpc) is 1.99. The molecule has 1 aliphatic carbocycles. The van der Waals surface area contributed by atoms with E-state index >= 15 is 0 Å². The fourth-order valence-corrected chi connectivity index (χ4v) is 2.26. The van der Waals surface area contributed by atoms with E-state index in [0.29, 0.717) is 5.92 Å². The van der Waals surface area contributed by atoms with Crippen molar-refractivity contribution in [3.8, 4) is 0 Å². The second kappa shape index (κ2) is 4.11. The first-order valence-electron chi connectivity index (χ1n) is 5.53. The van der Waals surface area contributed by atoms with E-state index in [2.05, 4.69) is 26.8 Å². The predicted molar refractivity (Wildman–Crippen MR) is 62.2 cm³/mol. The van der Waals surface area contributed by atoms with Crippen molar-refractivity contribution in [3.05, 3.63) is 23.8 Å². The van der Waals surface area contributed by atoms with Crippen LogP contribution in [0.4, 0.5) is 0 Å². The summed E-state index contributed by atoms with van der Waals surface area (Å²) in [7, 11) is 0. The largest absolute Gasteiger partial charge is 0.363 e. The highest BCUT2D eigenvalue weighted by Crippen LogP contribution is 2.41. The summed E-state index contributed by atoms with van der Waals surface area (Å²) in [6, 6.07) is 0. The fourth-order valence-electron chi connectivity index (χ4n) is 2.26. The minimum absolute atomic E-state index is 0.209. The van der Waals surface area contributed by atoms with Gasteiger partial charge >= 0.3 is 0 Å². The highest BCUT2D eigenvalue weighted by Gasteiger charge is 2.31. The molecule has 0 bridgehead atoms. The molecule has 0 saturated heterocycles. The van der Waals surface area contributed by atoms with E-state index in [1.807, 2.05) is 6.08 Å². The van der Waals surface area contributed by atoms with E-state index < -0.39 is 5.79 Å². The van der Waals surface area contributed by atoms with Crippen LogP contribution in [0.1, 0.15) is 40.5 Å². The van der Waals surface area contributed by atoms with Crippen molar-refractivity contribution in [1.82, 2.24) is 0 Å². The Hall–Kier alpha value is -0.600. The van der Waals surface area contributed by atoms with Crippen molar-refractivity contribution in [2.45, 2.75) is 46.3 Å². The first kappa shape index (κ1) is 12.5. The molecule has 0 aromatic rings. The molecule has 2 heteroatoms. The number of aliphatic hydroxyl groups is 2. The molecule has 1 atom stereocenters. The molecule has 1 unspecified atom stereocenters. The molecule has 0 amide bonds. The molecule has 0 spiro atoms. The number of hydrogen-bond donors (Lipinski definition) is 2. The molecule has 0 aromatic carbocycles. The quantitative estimate of drug-likeness (QED) is 0.543. The third-order valence-electron chi connectivity index (χ3n) is 3.19. The summed E-state index contributed by atoms with van der Waals surface area (Å²) in [6.07, 6.45) is 7.91. The van der Waals surface area contributed by atoms with Crippen molar-refractivity contribution in [3.63, 3.8) is 0 Å². The highest BCUT2D eigenvalue weighted by molar-refractivity contribution is 5.19. The lowest BCUT2D eigenvalue weighted by Gasteiger charge is -2.37. The summed E-state index contributed by atoms with van der Waals surface area (Å²) in [5, 5.41) is 18.5. The molecule has 0 aromatic heterocycles. The van der Waals surface area contributed by atoms with Crippen LogP contribution >= 0.6 is 0 Å². The minimum Gasteiger partial charge on any atom is -0.363 e. The standard InChI is InChI=1S/C13H22O2/c1-10-6-5-8-12(2,3)11(10)7-9-13(4,14)15/h6-7,9,11,14-15H,5,8H2,1-4H3. The van der Waals surface area contributed by atoms with Crippen molar-refractivity contribution in [1.29, 1.82) is 0 Å². The molecule has 2 N–H and O–H groups in total. The van der Waals surface area contributed by atoms with Gasteiger partial charge in [0.25, 0.3) is 0 Å². The normalized spacial score (nSPS) is 26.8. The van der Waals surface area contributed by atoms with Gasteiger partial charge in [0.2, 0.25) is 0 Å².